The van der Waals surface area contributed by atoms with Gasteiger partial charge < -0.3 is 10.1 Å². The van der Waals surface area contributed by atoms with Gasteiger partial charge in [0.1, 0.15) is 5.82 Å². The van der Waals surface area contributed by atoms with Crippen molar-refractivity contribution in [1.29, 1.82) is 5.26 Å². The molecule has 0 radical (unpaired) electrons. The first-order valence-corrected chi connectivity index (χ1v) is 6.76. The molecule has 102 valence electrons. The second kappa shape index (κ2) is 7.22. The fourth-order valence-corrected chi connectivity index (χ4v) is 2.36. The quantitative estimate of drug-likeness (QED) is 0.830. The monoisotopic (exact) mass is 262 g/mol. The first kappa shape index (κ1) is 14.0. The van der Waals surface area contributed by atoms with Gasteiger partial charge in [-0.1, -0.05) is 0 Å². The summed E-state index contributed by atoms with van der Waals surface area (Å²) in [6, 6.07) is 6.36. The number of hydrogen-bond acceptors (Lipinski definition) is 3. The molecule has 1 aliphatic heterocycles. The summed E-state index contributed by atoms with van der Waals surface area (Å²) >= 11 is 0. The van der Waals surface area contributed by atoms with Crippen LogP contribution in [0.3, 0.4) is 0 Å². The fraction of sp³-hybridized carbons (Fsp3) is 0.533. The molecule has 0 bridgehead atoms. The Hall–Kier alpha value is -1.44. The molecule has 19 heavy (non-hydrogen) atoms. The average Bonchev–Trinajstić information content (AvgIpc) is 2.46. The Morgan fingerprint density at radius 2 is 2.37 bits per heavy atom. The van der Waals surface area contributed by atoms with Crippen molar-refractivity contribution in [2.45, 2.75) is 25.9 Å². The van der Waals surface area contributed by atoms with E-state index in [2.05, 4.69) is 5.32 Å². The molecular formula is C15H19FN2O. The summed E-state index contributed by atoms with van der Waals surface area (Å²) in [5, 5.41) is 12.1. The molecule has 1 saturated heterocycles. The van der Waals surface area contributed by atoms with E-state index in [0.717, 1.165) is 19.5 Å². The highest BCUT2D eigenvalue weighted by Gasteiger charge is 2.12. The molecule has 0 amide bonds. The molecule has 0 spiro atoms. The van der Waals surface area contributed by atoms with E-state index in [9.17, 15) is 4.39 Å². The van der Waals surface area contributed by atoms with Gasteiger partial charge in [-0.15, -0.1) is 0 Å². The van der Waals surface area contributed by atoms with Crippen LogP contribution in [0.2, 0.25) is 0 Å². The minimum absolute atomic E-state index is 0.238. The zero-order chi connectivity index (χ0) is 13.5. The first-order valence-electron chi connectivity index (χ1n) is 6.76. The third-order valence-electron chi connectivity index (χ3n) is 3.50. The summed E-state index contributed by atoms with van der Waals surface area (Å²) in [6.07, 6.45) is 3.48. The van der Waals surface area contributed by atoms with E-state index in [-0.39, 0.29) is 12.4 Å². The number of ether oxygens (including phenoxy) is 1. The van der Waals surface area contributed by atoms with Crippen molar-refractivity contribution in [3.63, 3.8) is 0 Å². The van der Waals surface area contributed by atoms with Crippen LogP contribution >= 0.6 is 0 Å². The number of nitrogens with one attached hydrogen (secondary N) is 1. The Labute approximate surface area is 113 Å². The number of halogens is 1. The zero-order valence-electron chi connectivity index (χ0n) is 11.0. The van der Waals surface area contributed by atoms with Crippen molar-refractivity contribution in [2.24, 2.45) is 5.92 Å². The Kier molecular flexibility index (Phi) is 5.31. The number of benzene rings is 1. The molecule has 3 nitrogen and oxygen atoms in total. The molecule has 0 saturated carbocycles. The van der Waals surface area contributed by atoms with Gasteiger partial charge >= 0.3 is 0 Å². The van der Waals surface area contributed by atoms with Gasteiger partial charge in [0, 0.05) is 12.2 Å². The Morgan fingerprint density at radius 1 is 1.47 bits per heavy atom. The van der Waals surface area contributed by atoms with Crippen molar-refractivity contribution in [2.75, 3.05) is 19.7 Å². The average molecular weight is 262 g/mol. The maximum atomic E-state index is 13.5. The molecule has 1 unspecified atom stereocenters. The van der Waals surface area contributed by atoms with Gasteiger partial charge in [0.05, 0.1) is 18.2 Å². The molecule has 1 aromatic rings. The molecular weight excluding hydrogens is 243 g/mol. The minimum atomic E-state index is -0.307. The first-order chi connectivity index (χ1) is 9.29. The van der Waals surface area contributed by atoms with Crippen LogP contribution in [-0.2, 0) is 11.3 Å². The highest BCUT2D eigenvalue weighted by molar-refractivity contribution is 5.33. The summed E-state index contributed by atoms with van der Waals surface area (Å²) in [7, 11) is 0. The normalized spacial score (nSPS) is 19.1. The molecule has 1 atom stereocenters. The van der Waals surface area contributed by atoms with E-state index < -0.39 is 0 Å². The summed E-state index contributed by atoms with van der Waals surface area (Å²) in [5.74, 6) is 0.363. The number of nitrogens with zero attached hydrogens (tertiary/aromatic N) is 1. The lowest BCUT2D eigenvalue weighted by Crippen LogP contribution is -2.30. The van der Waals surface area contributed by atoms with Crippen LogP contribution in [0.4, 0.5) is 4.39 Å². The van der Waals surface area contributed by atoms with Crippen molar-refractivity contribution in [3.05, 3.63) is 35.1 Å². The maximum Gasteiger partial charge on any atom is 0.128 e. The van der Waals surface area contributed by atoms with Gasteiger partial charge in [0.15, 0.2) is 0 Å². The van der Waals surface area contributed by atoms with E-state index >= 15 is 0 Å². The van der Waals surface area contributed by atoms with E-state index in [1.165, 1.54) is 25.0 Å². The van der Waals surface area contributed by atoms with Crippen molar-refractivity contribution in [3.8, 4) is 6.07 Å². The molecule has 4 heteroatoms. The van der Waals surface area contributed by atoms with Gasteiger partial charge in [0.25, 0.3) is 0 Å². The summed E-state index contributed by atoms with van der Waals surface area (Å²) in [6.45, 7) is 3.05. The van der Waals surface area contributed by atoms with E-state index in [1.54, 1.807) is 6.07 Å². The Bertz CT molecular complexity index is 450. The van der Waals surface area contributed by atoms with Gasteiger partial charge in [-0.3, -0.25) is 0 Å². The largest absolute Gasteiger partial charge is 0.377 e. The Morgan fingerprint density at radius 3 is 3.11 bits per heavy atom. The van der Waals surface area contributed by atoms with Gasteiger partial charge in [0.2, 0.25) is 0 Å². The van der Waals surface area contributed by atoms with Crippen molar-refractivity contribution >= 4 is 0 Å². The maximum absolute atomic E-state index is 13.5. The van der Waals surface area contributed by atoms with E-state index in [1.807, 2.05) is 6.07 Å². The highest BCUT2D eigenvalue weighted by atomic mass is 19.1. The minimum Gasteiger partial charge on any atom is -0.377 e. The molecule has 1 fully saturated rings. The number of hydrogen-bond donors (Lipinski definition) is 1. The molecule has 0 aromatic heterocycles. The van der Waals surface area contributed by atoms with Crippen molar-refractivity contribution < 1.29 is 9.13 Å². The highest BCUT2D eigenvalue weighted by Crippen LogP contribution is 2.15. The molecule has 2 rings (SSSR count). The summed E-state index contributed by atoms with van der Waals surface area (Å²) < 4.78 is 19.0. The summed E-state index contributed by atoms with van der Waals surface area (Å²) in [4.78, 5) is 0. The van der Waals surface area contributed by atoms with Crippen LogP contribution in [0.5, 0.6) is 0 Å². The predicted molar refractivity (Wildman–Crippen MR) is 71.0 cm³/mol. The molecule has 0 aliphatic carbocycles. The second-order valence-corrected chi connectivity index (χ2v) is 4.97. The van der Waals surface area contributed by atoms with Crippen LogP contribution in [0, 0.1) is 23.1 Å². The predicted octanol–water partition coefficient (Wildman–Crippen LogP) is 2.60. The van der Waals surface area contributed by atoms with Gasteiger partial charge in [-0.25, -0.2) is 4.39 Å². The van der Waals surface area contributed by atoms with Gasteiger partial charge in [-0.05, 0) is 56.5 Å². The van der Waals surface area contributed by atoms with Crippen LogP contribution < -0.4 is 5.32 Å². The lowest BCUT2D eigenvalue weighted by molar-refractivity contribution is 0.101. The fourth-order valence-electron chi connectivity index (χ4n) is 2.36. The van der Waals surface area contributed by atoms with Crippen molar-refractivity contribution in [1.82, 2.24) is 5.32 Å². The number of rotatable bonds is 5. The lowest BCUT2D eigenvalue weighted by atomic mass is 9.97. The van der Waals surface area contributed by atoms with Crippen LogP contribution in [0.1, 0.15) is 30.4 Å². The number of nitriles is 1. The van der Waals surface area contributed by atoms with Crippen LogP contribution in [0.25, 0.3) is 0 Å². The van der Waals surface area contributed by atoms with E-state index in [0.29, 0.717) is 23.7 Å². The third-order valence-corrected chi connectivity index (χ3v) is 3.50. The van der Waals surface area contributed by atoms with Crippen LogP contribution in [-0.4, -0.2) is 19.7 Å². The molecule has 1 aliphatic rings. The molecule has 1 heterocycles. The SMILES string of the molecule is N#Cc1ccc(F)c(COCCC2CCCNC2)c1. The second-order valence-electron chi connectivity index (χ2n) is 4.97. The molecule has 1 N–H and O–H groups in total. The topological polar surface area (TPSA) is 45.0 Å². The lowest BCUT2D eigenvalue weighted by Gasteiger charge is -2.22. The molecule has 1 aromatic carbocycles. The Balaban J connectivity index is 1.74. The zero-order valence-corrected chi connectivity index (χ0v) is 11.0. The van der Waals surface area contributed by atoms with E-state index in [4.69, 9.17) is 10.00 Å². The van der Waals surface area contributed by atoms with Crippen LogP contribution in [0.15, 0.2) is 18.2 Å². The van der Waals surface area contributed by atoms with Gasteiger partial charge in [-0.2, -0.15) is 5.26 Å². The third kappa shape index (κ3) is 4.30. The summed E-state index contributed by atoms with van der Waals surface area (Å²) in [5.41, 5.74) is 0.928. The smallest absolute Gasteiger partial charge is 0.128 e. The standard InChI is InChI=1S/C15H19FN2O/c16-15-4-3-13(9-17)8-14(15)11-19-7-5-12-2-1-6-18-10-12/h3-4,8,12,18H,1-2,5-7,10-11H2. The number of piperidine rings is 1.